The van der Waals surface area contributed by atoms with Crippen molar-refractivity contribution in [2.45, 2.75) is 124 Å². The number of anilines is 6. The molecule has 15 aromatic carbocycles. The Labute approximate surface area is 665 Å². The van der Waals surface area contributed by atoms with E-state index in [1.54, 1.807) is 0 Å². The van der Waals surface area contributed by atoms with E-state index in [4.69, 9.17) is 0 Å². The summed E-state index contributed by atoms with van der Waals surface area (Å²) in [5, 5.41) is 10.3. The lowest BCUT2D eigenvalue weighted by Gasteiger charge is -2.33. The van der Waals surface area contributed by atoms with E-state index in [2.05, 4.69) is 415 Å². The monoisotopic (exact) mass is 1460 g/mol. The third-order valence-corrected chi connectivity index (χ3v) is 24.4. The van der Waals surface area contributed by atoms with Crippen LogP contribution in [0, 0.1) is 6.92 Å². The lowest BCUT2D eigenvalue weighted by atomic mass is 9.76. The molecule has 0 unspecified atom stereocenters. The SMILES string of the molecule is CCCCCCc1ccc(N(c2ccc(-c3ccc(C)cc3)cc2)c2ccc(-c3cc4c5ccccc5n5c6cc(CC(C)(C)c7cc(N(c8ccc(-c9ccc(-c%10cc%11c%12ccccc%12n%12c%13ccccc%13c(c%10)c%11%12)cc9)cc8)c8ccc(-c9ccc(C(C)(C)C)cc9)cc8)cc(C(C)(C)C)c7)ccc6c(c3)c45)cc2)cc1. The molecular formula is C109H96N4. The van der Waals surface area contributed by atoms with Gasteiger partial charge in [0.15, 0.2) is 0 Å². The van der Waals surface area contributed by atoms with Gasteiger partial charge in [0.2, 0.25) is 0 Å². The Morgan fingerprint density at radius 2 is 0.593 bits per heavy atom. The first-order chi connectivity index (χ1) is 54.8. The quantitative estimate of drug-likeness (QED) is 0.0750. The molecule has 552 valence electrons. The molecule has 4 heteroatoms. The molecule has 0 amide bonds. The van der Waals surface area contributed by atoms with Crippen LogP contribution in [0.15, 0.2) is 328 Å². The summed E-state index contributed by atoms with van der Waals surface area (Å²) >= 11 is 0. The van der Waals surface area contributed by atoms with Crippen molar-refractivity contribution in [2.75, 3.05) is 9.80 Å². The fraction of sp³-hybridized carbons (Fsp3) is 0.174. The van der Waals surface area contributed by atoms with Crippen LogP contribution >= 0.6 is 0 Å². The van der Waals surface area contributed by atoms with Gasteiger partial charge < -0.3 is 18.6 Å². The van der Waals surface area contributed by atoms with Crippen molar-refractivity contribution in [3.63, 3.8) is 0 Å². The minimum absolute atomic E-state index is 0.0748. The van der Waals surface area contributed by atoms with Gasteiger partial charge in [0, 0.05) is 77.2 Å². The zero-order chi connectivity index (χ0) is 77.0. The summed E-state index contributed by atoms with van der Waals surface area (Å²) in [7, 11) is 0. The van der Waals surface area contributed by atoms with Crippen molar-refractivity contribution in [1.29, 1.82) is 0 Å². The zero-order valence-corrected chi connectivity index (χ0v) is 66.7. The number of aryl methyl sites for hydroxylation is 2. The second-order valence-corrected chi connectivity index (χ2v) is 34.6. The van der Waals surface area contributed by atoms with Gasteiger partial charge in [-0.15, -0.1) is 0 Å². The topological polar surface area (TPSA) is 15.3 Å². The first kappa shape index (κ1) is 70.9. The molecule has 0 saturated heterocycles. The summed E-state index contributed by atoms with van der Waals surface area (Å²) in [5.41, 5.74) is 33.9. The summed E-state index contributed by atoms with van der Waals surface area (Å²) in [6.45, 7) is 23.2. The summed E-state index contributed by atoms with van der Waals surface area (Å²) in [6, 6.07) is 124. The number of hydrogen-bond donors (Lipinski definition) is 0. The molecule has 0 N–H and O–H groups in total. The highest BCUT2D eigenvalue weighted by atomic mass is 15.1. The van der Waals surface area contributed by atoms with Gasteiger partial charge in [-0.1, -0.05) is 293 Å². The Morgan fingerprint density at radius 3 is 1.01 bits per heavy atom. The van der Waals surface area contributed by atoms with Crippen molar-refractivity contribution in [1.82, 2.24) is 8.80 Å². The van der Waals surface area contributed by atoms with Crippen molar-refractivity contribution in [3.05, 3.63) is 361 Å². The Morgan fingerprint density at radius 1 is 0.257 bits per heavy atom. The first-order valence-electron chi connectivity index (χ1n) is 40.8. The molecule has 0 aliphatic heterocycles. The smallest absolute Gasteiger partial charge is 0.0620 e. The van der Waals surface area contributed by atoms with Crippen molar-refractivity contribution >= 4 is 110 Å². The minimum Gasteiger partial charge on any atom is -0.311 e. The number of para-hydroxylation sites is 3. The molecule has 19 rings (SSSR count). The number of benzene rings is 15. The predicted octanol–water partition coefficient (Wildman–Crippen LogP) is 30.8. The van der Waals surface area contributed by atoms with Crippen LogP contribution in [-0.2, 0) is 29.1 Å². The third kappa shape index (κ3) is 12.9. The van der Waals surface area contributed by atoms with Crippen molar-refractivity contribution in [3.8, 4) is 55.6 Å². The van der Waals surface area contributed by atoms with Crippen LogP contribution in [0.3, 0.4) is 0 Å². The van der Waals surface area contributed by atoms with E-state index in [0.717, 1.165) is 47.0 Å². The molecule has 0 saturated carbocycles. The maximum atomic E-state index is 2.55. The van der Waals surface area contributed by atoms with Gasteiger partial charge >= 0.3 is 0 Å². The highest BCUT2D eigenvalue weighted by molar-refractivity contribution is 6.26. The fourth-order valence-electron chi connectivity index (χ4n) is 18.0. The lowest BCUT2D eigenvalue weighted by Crippen LogP contribution is -2.23. The van der Waals surface area contributed by atoms with E-state index in [-0.39, 0.29) is 16.2 Å². The molecular weight excluding hydrogens is 1370 g/mol. The Kier molecular flexibility index (Phi) is 17.6. The van der Waals surface area contributed by atoms with E-state index >= 15 is 0 Å². The van der Waals surface area contributed by atoms with Gasteiger partial charge in [0.05, 0.1) is 33.1 Å². The van der Waals surface area contributed by atoms with E-state index in [9.17, 15) is 0 Å². The number of unbranched alkanes of at least 4 members (excludes halogenated alkanes) is 3. The number of nitrogens with zero attached hydrogens (tertiary/aromatic N) is 4. The van der Waals surface area contributed by atoms with Crippen molar-refractivity contribution < 1.29 is 0 Å². The zero-order valence-electron chi connectivity index (χ0n) is 66.7. The summed E-state index contributed by atoms with van der Waals surface area (Å²) in [5.74, 6) is 0. The van der Waals surface area contributed by atoms with Crippen LogP contribution < -0.4 is 9.80 Å². The highest BCUT2D eigenvalue weighted by Crippen LogP contribution is 2.48. The first-order valence-corrected chi connectivity index (χ1v) is 40.8. The fourth-order valence-corrected chi connectivity index (χ4v) is 18.0. The minimum atomic E-state index is -0.279. The largest absolute Gasteiger partial charge is 0.311 e. The van der Waals surface area contributed by atoms with E-state index < -0.39 is 0 Å². The van der Waals surface area contributed by atoms with Gasteiger partial charge in [0.25, 0.3) is 0 Å². The average Bonchev–Trinajstić information content (AvgIpc) is 1.55. The van der Waals surface area contributed by atoms with Gasteiger partial charge in [0.1, 0.15) is 0 Å². The molecule has 0 fully saturated rings. The molecule has 0 spiro atoms. The van der Waals surface area contributed by atoms with Crippen LogP contribution in [0.2, 0.25) is 0 Å². The van der Waals surface area contributed by atoms with Crippen LogP contribution in [0.4, 0.5) is 34.1 Å². The number of fused-ring (bicyclic) bond motifs is 12. The van der Waals surface area contributed by atoms with Gasteiger partial charge in [-0.3, -0.25) is 0 Å². The molecule has 0 atom stereocenters. The summed E-state index contributed by atoms with van der Waals surface area (Å²) < 4.78 is 5.01. The molecule has 4 nitrogen and oxygen atoms in total. The Hall–Kier alpha value is -12.5. The summed E-state index contributed by atoms with van der Waals surface area (Å²) in [4.78, 5) is 4.89. The van der Waals surface area contributed by atoms with Crippen molar-refractivity contribution in [2.24, 2.45) is 0 Å². The highest BCUT2D eigenvalue weighted by Gasteiger charge is 2.29. The van der Waals surface area contributed by atoms with Gasteiger partial charge in [-0.25, -0.2) is 0 Å². The van der Waals surface area contributed by atoms with E-state index in [1.165, 1.54) is 191 Å². The molecule has 4 heterocycles. The maximum Gasteiger partial charge on any atom is 0.0620 e. The van der Waals surface area contributed by atoms with E-state index in [1.807, 2.05) is 0 Å². The number of hydrogen-bond acceptors (Lipinski definition) is 2. The normalized spacial score (nSPS) is 12.4. The molecule has 113 heavy (non-hydrogen) atoms. The lowest BCUT2D eigenvalue weighted by molar-refractivity contribution is 0.517. The summed E-state index contributed by atoms with van der Waals surface area (Å²) in [6.07, 6.45) is 6.98. The molecule has 0 aliphatic carbocycles. The predicted molar refractivity (Wildman–Crippen MR) is 485 cm³/mol. The van der Waals surface area contributed by atoms with Crippen LogP contribution in [0.5, 0.6) is 0 Å². The number of rotatable bonds is 19. The molecule has 0 bridgehead atoms. The standard InChI is InChI=1S/C109H96N4/c1-11-12-13-14-21-72-30-51-87(52-31-72)110(88-53-41-77(42-54-88)74-33-28-71(2)29-34-74)89-59-47-81(48-60-89)83-65-99-95-24-17-20-27-103(95)113-104-62-73(32-61-96(104)100(66-83)106(99)113)70-109(9,10)86-67-85(108(6,7)8)68-92(69-86)111(91-57-45-79(46-58-91)76-39-49-84(50-40-76)107(3,4)5)90-55-43-78(44-56-90)75-35-37-80(38-36-75)82-63-97-93-22-15-18-25-101(93)112-102-26-19-16-23-94(102)98(64-82)105(97)112/h15-20,22-69H,11-14,21,70H2,1-10H3. The van der Waals surface area contributed by atoms with E-state index in [0.29, 0.717) is 0 Å². The molecule has 19 aromatic rings. The van der Waals surface area contributed by atoms with Gasteiger partial charge in [-0.05, 0) is 247 Å². The van der Waals surface area contributed by atoms with Crippen LogP contribution in [0.25, 0.3) is 132 Å². The third-order valence-electron chi connectivity index (χ3n) is 24.4. The Balaban J connectivity index is 0.653. The number of aromatic nitrogens is 2. The molecule has 0 aliphatic rings. The van der Waals surface area contributed by atoms with Crippen LogP contribution in [-0.4, -0.2) is 8.80 Å². The van der Waals surface area contributed by atoms with Crippen LogP contribution in [0.1, 0.15) is 121 Å². The molecule has 4 aromatic heterocycles. The average molecular weight is 1460 g/mol. The van der Waals surface area contributed by atoms with Gasteiger partial charge in [-0.2, -0.15) is 0 Å². The maximum absolute atomic E-state index is 2.55. The second-order valence-electron chi connectivity index (χ2n) is 34.6. The molecule has 0 radical (unpaired) electrons. The second kappa shape index (κ2) is 28.1. The Bertz CT molecular complexity index is 6640.